The van der Waals surface area contributed by atoms with Crippen molar-refractivity contribution in [2.45, 2.75) is 50.1 Å². The van der Waals surface area contributed by atoms with Crippen molar-refractivity contribution >= 4 is 18.0 Å². The molecule has 0 aromatic heterocycles. The summed E-state index contributed by atoms with van der Waals surface area (Å²) in [7, 11) is 0. The van der Waals surface area contributed by atoms with Gasteiger partial charge in [-0.2, -0.15) is 0 Å². The van der Waals surface area contributed by atoms with Crippen LogP contribution in [0.1, 0.15) is 49.7 Å². The third kappa shape index (κ3) is 3.96. The summed E-state index contributed by atoms with van der Waals surface area (Å²) in [4.78, 5) is 38.5. The summed E-state index contributed by atoms with van der Waals surface area (Å²) in [6, 6.07) is 16.0. The third-order valence-electron chi connectivity index (χ3n) is 7.45. The molecule has 1 aliphatic heterocycles. The lowest BCUT2D eigenvalue weighted by molar-refractivity contribution is -0.143. The van der Waals surface area contributed by atoms with Crippen LogP contribution in [0.25, 0.3) is 11.1 Å². The molecule has 0 radical (unpaired) electrons. The number of carbonyl (C=O) groups is 3. The Morgan fingerprint density at radius 2 is 1.67 bits per heavy atom. The molecule has 3 aliphatic rings. The van der Waals surface area contributed by atoms with Crippen molar-refractivity contribution in [3.05, 3.63) is 59.7 Å². The Balaban J connectivity index is 1.19. The number of carbonyl (C=O) groups excluding carboxylic acids is 2. The van der Waals surface area contributed by atoms with Gasteiger partial charge in [0.05, 0.1) is 17.9 Å². The van der Waals surface area contributed by atoms with Crippen LogP contribution in [0, 0.1) is 5.92 Å². The van der Waals surface area contributed by atoms with Gasteiger partial charge in [-0.3, -0.25) is 9.59 Å². The molecule has 1 heterocycles. The number of hydrogen-bond acceptors (Lipinski definition) is 4. The van der Waals surface area contributed by atoms with E-state index in [4.69, 9.17) is 4.74 Å². The van der Waals surface area contributed by atoms with Crippen LogP contribution in [0.3, 0.4) is 0 Å². The maximum Gasteiger partial charge on any atom is 0.407 e. The van der Waals surface area contributed by atoms with Crippen molar-refractivity contribution in [2.75, 3.05) is 13.2 Å². The summed E-state index contributed by atoms with van der Waals surface area (Å²) < 4.78 is 5.64. The highest BCUT2D eigenvalue weighted by atomic mass is 16.5. The molecule has 2 amide bonds. The summed E-state index contributed by atoms with van der Waals surface area (Å²) in [6.45, 7) is 2.45. The van der Waals surface area contributed by atoms with Gasteiger partial charge in [-0.05, 0) is 48.4 Å². The maximum atomic E-state index is 12.8. The zero-order valence-electron chi connectivity index (χ0n) is 18.6. The van der Waals surface area contributed by atoms with Crippen LogP contribution in [0.2, 0.25) is 0 Å². The van der Waals surface area contributed by atoms with Crippen molar-refractivity contribution in [2.24, 2.45) is 5.92 Å². The van der Waals surface area contributed by atoms with E-state index in [1.807, 2.05) is 24.3 Å². The minimum Gasteiger partial charge on any atom is -0.481 e. The van der Waals surface area contributed by atoms with Crippen molar-refractivity contribution in [1.29, 1.82) is 0 Å². The van der Waals surface area contributed by atoms with E-state index >= 15 is 0 Å². The van der Waals surface area contributed by atoms with Crippen LogP contribution in [0.5, 0.6) is 0 Å². The number of alkyl carbamates (subject to hydrolysis) is 1. The Hall–Kier alpha value is -3.35. The van der Waals surface area contributed by atoms with Gasteiger partial charge in [0.1, 0.15) is 6.61 Å². The standard InChI is InChI=1S/C26H28N2O5/c1-16-17(24(30)31)10-13-28(16)23(29)14-26(11-12-26)27-25(32)33-15-22-20-8-4-2-6-18(20)19-7-3-5-9-21(19)22/h2-9,16-17,22H,10-15H2,1H3,(H,27,32)(H,30,31). The highest BCUT2D eigenvalue weighted by molar-refractivity contribution is 5.82. The minimum atomic E-state index is -0.865. The van der Waals surface area contributed by atoms with E-state index in [2.05, 4.69) is 29.6 Å². The molecule has 2 aromatic carbocycles. The van der Waals surface area contributed by atoms with E-state index in [9.17, 15) is 19.5 Å². The number of benzene rings is 2. The van der Waals surface area contributed by atoms with Crippen LogP contribution in [0.15, 0.2) is 48.5 Å². The number of amides is 2. The number of carboxylic acid groups (broad SMARTS) is 1. The van der Waals surface area contributed by atoms with Gasteiger partial charge in [-0.25, -0.2) is 4.79 Å². The first kappa shape index (κ1) is 21.5. The van der Waals surface area contributed by atoms with Gasteiger partial charge in [0.15, 0.2) is 0 Å². The fourth-order valence-electron chi connectivity index (χ4n) is 5.36. The first-order valence-corrected chi connectivity index (χ1v) is 11.5. The smallest absolute Gasteiger partial charge is 0.407 e. The van der Waals surface area contributed by atoms with Crippen molar-refractivity contribution in [3.63, 3.8) is 0 Å². The van der Waals surface area contributed by atoms with Crippen molar-refractivity contribution in [1.82, 2.24) is 10.2 Å². The monoisotopic (exact) mass is 448 g/mol. The molecular formula is C26H28N2O5. The molecule has 5 rings (SSSR count). The van der Waals surface area contributed by atoms with E-state index in [1.165, 1.54) is 11.1 Å². The molecule has 2 aromatic rings. The lowest BCUT2D eigenvalue weighted by atomic mass is 9.98. The van der Waals surface area contributed by atoms with Crippen LogP contribution in [-0.2, 0) is 14.3 Å². The lowest BCUT2D eigenvalue weighted by Gasteiger charge is -2.26. The summed E-state index contributed by atoms with van der Waals surface area (Å²) in [6.07, 6.45) is 1.56. The van der Waals surface area contributed by atoms with Crippen LogP contribution in [-0.4, -0.2) is 52.7 Å². The summed E-state index contributed by atoms with van der Waals surface area (Å²) in [5.41, 5.74) is 4.06. The fourth-order valence-corrected chi connectivity index (χ4v) is 5.36. The average molecular weight is 449 g/mol. The van der Waals surface area contributed by atoms with Gasteiger partial charge < -0.3 is 20.1 Å². The van der Waals surface area contributed by atoms with Crippen LogP contribution < -0.4 is 5.32 Å². The number of hydrogen-bond donors (Lipinski definition) is 2. The summed E-state index contributed by atoms with van der Waals surface area (Å²) >= 11 is 0. The summed E-state index contributed by atoms with van der Waals surface area (Å²) in [5, 5.41) is 12.2. The van der Waals surface area contributed by atoms with Gasteiger partial charge in [0.25, 0.3) is 0 Å². The molecule has 1 saturated carbocycles. The molecule has 2 N–H and O–H groups in total. The first-order valence-electron chi connectivity index (χ1n) is 11.5. The Bertz CT molecular complexity index is 1060. The first-order chi connectivity index (χ1) is 15.9. The van der Waals surface area contributed by atoms with Gasteiger partial charge in [0, 0.05) is 18.5 Å². The molecule has 7 heteroatoms. The van der Waals surface area contributed by atoms with Gasteiger partial charge in [-0.15, -0.1) is 0 Å². The molecule has 2 atom stereocenters. The van der Waals surface area contributed by atoms with E-state index in [0.717, 1.165) is 11.1 Å². The number of nitrogens with one attached hydrogen (secondary N) is 1. The zero-order chi connectivity index (χ0) is 23.2. The molecule has 33 heavy (non-hydrogen) atoms. The molecule has 7 nitrogen and oxygen atoms in total. The van der Waals surface area contributed by atoms with E-state index in [1.54, 1.807) is 11.8 Å². The molecule has 2 fully saturated rings. The van der Waals surface area contributed by atoms with E-state index in [0.29, 0.717) is 25.8 Å². The predicted octanol–water partition coefficient (Wildman–Crippen LogP) is 3.77. The SMILES string of the molecule is CC1C(C(=O)O)CCN1C(=O)CC1(NC(=O)OCC2c3ccccc3-c3ccccc32)CC1. The fraction of sp³-hybridized carbons (Fsp3) is 0.423. The number of carboxylic acids is 1. The highest BCUT2D eigenvalue weighted by Crippen LogP contribution is 2.45. The number of nitrogens with zero attached hydrogens (tertiary/aromatic N) is 1. The largest absolute Gasteiger partial charge is 0.481 e. The van der Waals surface area contributed by atoms with Crippen LogP contribution >= 0.6 is 0 Å². The molecule has 2 aliphatic carbocycles. The summed E-state index contributed by atoms with van der Waals surface area (Å²) in [5.74, 6) is -1.52. The second-order valence-electron chi connectivity index (χ2n) is 9.47. The molecule has 172 valence electrons. The van der Waals surface area contributed by atoms with E-state index < -0.39 is 23.5 Å². The molecular weight excluding hydrogens is 420 g/mol. The van der Waals surface area contributed by atoms with Gasteiger partial charge in [-0.1, -0.05) is 48.5 Å². The van der Waals surface area contributed by atoms with Gasteiger partial charge >= 0.3 is 12.1 Å². The number of aliphatic carboxylic acids is 1. The number of likely N-dealkylation sites (tertiary alicyclic amines) is 1. The predicted molar refractivity (Wildman–Crippen MR) is 122 cm³/mol. The second kappa shape index (κ2) is 8.21. The lowest BCUT2D eigenvalue weighted by Crippen LogP contribution is -2.44. The third-order valence-corrected chi connectivity index (χ3v) is 7.45. The van der Waals surface area contributed by atoms with E-state index in [-0.39, 0.29) is 30.9 Å². The Labute approximate surface area is 192 Å². The van der Waals surface area contributed by atoms with Crippen molar-refractivity contribution < 1.29 is 24.2 Å². The maximum absolute atomic E-state index is 12.8. The number of rotatable bonds is 6. The zero-order valence-corrected chi connectivity index (χ0v) is 18.6. The molecule has 0 spiro atoms. The normalized spacial score (nSPS) is 22.4. The van der Waals surface area contributed by atoms with Crippen LogP contribution in [0.4, 0.5) is 4.79 Å². The Morgan fingerprint density at radius 3 is 2.21 bits per heavy atom. The topological polar surface area (TPSA) is 95.9 Å². The number of fused-ring (bicyclic) bond motifs is 3. The molecule has 2 unspecified atom stereocenters. The molecule has 0 bridgehead atoms. The van der Waals surface area contributed by atoms with Gasteiger partial charge in [0.2, 0.25) is 5.91 Å². The Morgan fingerprint density at radius 1 is 1.06 bits per heavy atom. The Kier molecular flexibility index (Phi) is 5.35. The highest BCUT2D eigenvalue weighted by Gasteiger charge is 2.49. The molecule has 1 saturated heterocycles. The van der Waals surface area contributed by atoms with Crippen molar-refractivity contribution in [3.8, 4) is 11.1 Å². The second-order valence-corrected chi connectivity index (χ2v) is 9.47. The average Bonchev–Trinajstić information content (AvgIpc) is 3.29. The quantitative estimate of drug-likeness (QED) is 0.701. The minimum absolute atomic E-state index is 0.0154. The number of ether oxygens (including phenoxy) is 1.